The molecule has 0 radical (unpaired) electrons. The van der Waals surface area contributed by atoms with Gasteiger partial charge in [-0.3, -0.25) is 9.59 Å². The van der Waals surface area contributed by atoms with E-state index < -0.39 is 0 Å². The maximum absolute atomic E-state index is 12.2. The molecule has 6 heteroatoms. The number of nitrogens with zero attached hydrogens (tertiary/aromatic N) is 2. The van der Waals surface area contributed by atoms with Crippen molar-refractivity contribution in [3.63, 3.8) is 0 Å². The Bertz CT molecular complexity index is 495. The number of thiazole rings is 1. The first-order valence-electron chi connectivity index (χ1n) is 7.28. The number of amides is 2. The first-order valence-corrected chi connectivity index (χ1v) is 8.16. The van der Waals surface area contributed by atoms with Gasteiger partial charge < -0.3 is 10.2 Å². The van der Waals surface area contributed by atoms with Crippen LogP contribution in [0.2, 0.25) is 0 Å². The largest absolute Gasteiger partial charge is 0.349 e. The van der Waals surface area contributed by atoms with Gasteiger partial charge in [-0.1, -0.05) is 13.8 Å². The van der Waals surface area contributed by atoms with Gasteiger partial charge in [-0.2, -0.15) is 0 Å². The number of aromatic nitrogens is 1. The zero-order valence-corrected chi connectivity index (χ0v) is 14.5. The van der Waals surface area contributed by atoms with Crippen molar-refractivity contribution in [2.45, 2.75) is 60.2 Å². The van der Waals surface area contributed by atoms with Crippen LogP contribution in [0.1, 0.15) is 57.0 Å². The molecule has 0 spiro atoms. The maximum atomic E-state index is 12.2. The second kappa shape index (κ2) is 7.54. The SMILES string of the molecule is CC(C)NC(=O)c1csc(CN(C(=O)C(C)C)C(C)C)n1. The highest BCUT2D eigenvalue weighted by molar-refractivity contribution is 7.09. The van der Waals surface area contributed by atoms with Gasteiger partial charge in [0, 0.05) is 23.4 Å². The van der Waals surface area contributed by atoms with E-state index in [0.717, 1.165) is 5.01 Å². The van der Waals surface area contributed by atoms with Gasteiger partial charge in [-0.25, -0.2) is 4.98 Å². The molecule has 0 aliphatic rings. The molecule has 1 aromatic rings. The van der Waals surface area contributed by atoms with Crippen LogP contribution in [0.25, 0.3) is 0 Å². The summed E-state index contributed by atoms with van der Waals surface area (Å²) in [5, 5.41) is 5.34. The lowest BCUT2D eigenvalue weighted by atomic mass is 10.1. The minimum absolute atomic E-state index is 0.0453. The molecule has 21 heavy (non-hydrogen) atoms. The van der Waals surface area contributed by atoms with E-state index >= 15 is 0 Å². The maximum Gasteiger partial charge on any atom is 0.270 e. The Hall–Kier alpha value is -1.43. The van der Waals surface area contributed by atoms with Gasteiger partial charge in [0.2, 0.25) is 5.91 Å². The van der Waals surface area contributed by atoms with E-state index in [0.29, 0.717) is 12.2 Å². The fraction of sp³-hybridized carbons (Fsp3) is 0.667. The molecule has 5 nitrogen and oxygen atoms in total. The summed E-state index contributed by atoms with van der Waals surface area (Å²) in [6, 6.07) is 0.189. The van der Waals surface area contributed by atoms with Crippen molar-refractivity contribution in [3.05, 3.63) is 16.1 Å². The summed E-state index contributed by atoms with van der Waals surface area (Å²) in [4.78, 5) is 30.2. The number of rotatable bonds is 6. The predicted molar refractivity (Wildman–Crippen MR) is 85.2 cm³/mol. The zero-order chi connectivity index (χ0) is 16.2. The number of hydrogen-bond donors (Lipinski definition) is 1. The second-order valence-electron chi connectivity index (χ2n) is 5.97. The Morgan fingerprint density at radius 1 is 1.24 bits per heavy atom. The molecular weight excluding hydrogens is 286 g/mol. The Morgan fingerprint density at radius 2 is 1.86 bits per heavy atom. The molecule has 0 aromatic carbocycles. The molecule has 0 saturated carbocycles. The van der Waals surface area contributed by atoms with Crippen molar-refractivity contribution >= 4 is 23.2 Å². The van der Waals surface area contributed by atoms with Crippen LogP contribution in [0.3, 0.4) is 0 Å². The summed E-state index contributed by atoms with van der Waals surface area (Å²) < 4.78 is 0. The molecule has 0 saturated heterocycles. The van der Waals surface area contributed by atoms with E-state index in [2.05, 4.69) is 10.3 Å². The average Bonchev–Trinajstić information content (AvgIpc) is 2.82. The van der Waals surface area contributed by atoms with Crippen LogP contribution in [0.5, 0.6) is 0 Å². The van der Waals surface area contributed by atoms with Crippen LogP contribution < -0.4 is 5.32 Å². The Kier molecular flexibility index (Phi) is 6.33. The summed E-state index contributed by atoms with van der Waals surface area (Å²) in [6.45, 7) is 12.0. The normalized spacial score (nSPS) is 11.3. The predicted octanol–water partition coefficient (Wildman–Crippen LogP) is 2.67. The summed E-state index contributed by atoms with van der Waals surface area (Å²) in [7, 11) is 0. The first kappa shape index (κ1) is 17.6. The van der Waals surface area contributed by atoms with Crippen LogP contribution >= 0.6 is 11.3 Å². The van der Waals surface area contributed by atoms with Crippen LogP contribution in [0, 0.1) is 5.92 Å². The van der Waals surface area contributed by atoms with Gasteiger partial charge in [0.05, 0.1) is 6.54 Å². The molecule has 0 bridgehead atoms. The van der Waals surface area contributed by atoms with Crippen molar-refractivity contribution in [2.24, 2.45) is 5.92 Å². The Morgan fingerprint density at radius 3 is 2.33 bits per heavy atom. The van der Waals surface area contributed by atoms with E-state index in [4.69, 9.17) is 0 Å². The minimum Gasteiger partial charge on any atom is -0.349 e. The van der Waals surface area contributed by atoms with E-state index in [1.807, 2.05) is 41.5 Å². The van der Waals surface area contributed by atoms with Gasteiger partial charge in [-0.15, -0.1) is 11.3 Å². The molecule has 1 rings (SSSR count). The highest BCUT2D eigenvalue weighted by Crippen LogP contribution is 2.16. The van der Waals surface area contributed by atoms with E-state index in [9.17, 15) is 9.59 Å². The lowest BCUT2D eigenvalue weighted by Crippen LogP contribution is -2.39. The van der Waals surface area contributed by atoms with Gasteiger partial charge in [0.1, 0.15) is 10.7 Å². The highest BCUT2D eigenvalue weighted by atomic mass is 32.1. The molecule has 118 valence electrons. The van der Waals surface area contributed by atoms with E-state index in [1.54, 1.807) is 10.3 Å². The van der Waals surface area contributed by atoms with E-state index in [1.165, 1.54) is 11.3 Å². The number of carbonyl (C=O) groups is 2. The molecule has 0 aliphatic heterocycles. The standard InChI is InChI=1S/C15H25N3O2S/c1-9(2)15(20)18(11(5)6)7-13-17-12(8-21-13)14(19)16-10(3)4/h8-11H,7H2,1-6H3,(H,16,19). The lowest BCUT2D eigenvalue weighted by Gasteiger charge is -2.27. The van der Waals surface area contributed by atoms with Crippen molar-refractivity contribution < 1.29 is 9.59 Å². The summed E-state index contributed by atoms with van der Waals surface area (Å²) in [5.74, 6) is -0.108. The van der Waals surface area contributed by atoms with Crippen molar-refractivity contribution in [1.82, 2.24) is 15.2 Å². The molecule has 0 atom stereocenters. The summed E-state index contributed by atoms with van der Waals surface area (Å²) >= 11 is 1.41. The number of nitrogens with one attached hydrogen (secondary N) is 1. The fourth-order valence-electron chi connectivity index (χ4n) is 1.82. The third-order valence-corrected chi connectivity index (χ3v) is 3.74. The number of hydrogen-bond acceptors (Lipinski definition) is 4. The molecule has 2 amide bonds. The molecule has 0 fully saturated rings. The molecule has 1 aromatic heterocycles. The molecular formula is C15H25N3O2S. The second-order valence-corrected chi connectivity index (χ2v) is 6.91. The van der Waals surface area contributed by atoms with Crippen molar-refractivity contribution in [3.8, 4) is 0 Å². The third-order valence-electron chi connectivity index (χ3n) is 2.91. The molecule has 1 N–H and O–H groups in total. The third kappa shape index (κ3) is 5.12. The van der Waals surface area contributed by atoms with Crippen molar-refractivity contribution in [1.29, 1.82) is 0 Å². The van der Waals surface area contributed by atoms with Crippen LogP contribution in [0.4, 0.5) is 0 Å². The van der Waals surface area contributed by atoms with E-state index in [-0.39, 0.29) is 29.8 Å². The minimum atomic E-state index is -0.168. The molecule has 1 heterocycles. The van der Waals surface area contributed by atoms with Gasteiger partial charge in [0.25, 0.3) is 5.91 Å². The highest BCUT2D eigenvalue weighted by Gasteiger charge is 2.22. The van der Waals surface area contributed by atoms with Crippen LogP contribution in [0.15, 0.2) is 5.38 Å². The lowest BCUT2D eigenvalue weighted by molar-refractivity contribution is -0.136. The molecule has 0 unspecified atom stereocenters. The quantitative estimate of drug-likeness (QED) is 0.878. The fourth-order valence-corrected chi connectivity index (χ4v) is 2.59. The Balaban J connectivity index is 2.80. The summed E-state index contributed by atoms with van der Waals surface area (Å²) in [5.41, 5.74) is 0.421. The smallest absolute Gasteiger partial charge is 0.270 e. The molecule has 0 aliphatic carbocycles. The van der Waals surface area contributed by atoms with Crippen LogP contribution in [-0.4, -0.2) is 33.8 Å². The first-order chi connectivity index (χ1) is 9.72. The van der Waals surface area contributed by atoms with Gasteiger partial charge >= 0.3 is 0 Å². The monoisotopic (exact) mass is 311 g/mol. The van der Waals surface area contributed by atoms with Crippen molar-refractivity contribution in [2.75, 3.05) is 0 Å². The Labute approximate surface area is 130 Å². The zero-order valence-electron chi connectivity index (χ0n) is 13.6. The van der Waals surface area contributed by atoms with Gasteiger partial charge in [-0.05, 0) is 27.7 Å². The summed E-state index contributed by atoms with van der Waals surface area (Å²) in [6.07, 6.45) is 0. The average molecular weight is 311 g/mol. The number of carbonyl (C=O) groups excluding carboxylic acids is 2. The van der Waals surface area contributed by atoms with Crippen LogP contribution in [-0.2, 0) is 11.3 Å². The topological polar surface area (TPSA) is 62.3 Å². The van der Waals surface area contributed by atoms with Gasteiger partial charge in [0.15, 0.2) is 0 Å².